The van der Waals surface area contributed by atoms with E-state index in [1.807, 2.05) is 6.92 Å². The summed E-state index contributed by atoms with van der Waals surface area (Å²) < 4.78 is 1.64. The van der Waals surface area contributed by atoms with E-state index in [0.29, 0.717) is 17.8 Å². The fraction of sp³-hybridized carbons (Fsp3) is 0.769. The van der Waals surface area contributed by atoms with Gasteiger partial charge in [-0.15, -0.1) is 5.10 Å². The Morgan fingerprint density at radius 2 is 2.40 bits per heavy atom. The van der Waals surface area contributed by atoms with Crippen molar-refractivity contribution in [3.63, 3.8) is 0 Å². The first kappa shape index (κ1) is 13.7. The second-order valence-electron chi connectivity index (χ2n) is 5.65. The Balaban J connectivity index is 1.67. The minimum absolute atomic E-state index is 0.157. The molecule has 20 heavy (non-hydrogen) atoms. The molecule has 1 heterocycles. The van der Waals surface area contributed by atoms with E-state index >= 15 is 0 Å². The molecule has 1 aromatic rings. The maximum absolute atomic E-state index is 11.5. The number of rotatable bonds is 5. The molecule has 108 valence electrons. The van der Waals surface area contributed by atoms with Crippen molar-refractivity contribution in [3.8, 4) is 6.07 Å². The molecule has 0 radical (unpaired) electrons. The Hall–Kier alpha value is -1.26. The van der Waals surface area contributed by atoms with Gasteiger partial charge >= 0.3 is 5.69 Å². The van der Waals surface area contributed by atoms with E-state index in [0.717, 1.165) is 24.4 Å². The van der Waals surface area contributed by atoms with Crippen molar-refractivity contribution in [2.75, 3.05) is 0 Å². The summed E-state index contributed by atoms with van der Waals surface area (Å²) in [7, 11) is 0. The standard InChI is InChI=1S/C13H19N5OS/c1-2-18-11(19)16-17-12(18)20-10-5-6-13(7-10,8-14)15-9-3-4-9/h9-10,15H,2-7H2,1H3,(H,16,19). The lowest BCUT2D eigenvalue weighted by Gasteiger charge is -2.22. The van der Waals surface area contributed by atoms with Gasteiger partial charge in [0.15, 0.2) is 5.16 Å². The minimum atomic E-state index is -0.369. The number of aromatic amines is 1. The third kappa shape index (κ3) is 2.63. The molecule has 0 aliphatic heterocycles. The molecule has 0 amide bonds. The minimum Gasteiger partial charge on any atom is -0.297 e. The molecule has 6 nitrogen and oxygen atoms in total. The zero-order chi connectivity index (χ0) is 14.2. The van der Waals surface area contributed by atoms with Crippen LogP contribution in [0.25, 0.3) is 0 Å². The predicted molar refractivity (Wildman–Crippen MR) is 76.5 cm³/mol. The molecule has 2 saturated carbocycles. The SMILES string of the molecule is CCn1c(SC2CCC(C#N)(NC3CC3)C2)n[nH]c1=O. The van der Waals surface area contributed by atoms with E-state index in [9.17, 15) is 10.1 Å². The first-order chi connectivity index (χ1) is 9.65. The van der Waals surface area contributed by atoms with Crippen LogP contribution in [0.5, 0.6) is 0 Å². The van der Waals surface area contributed by atoms with E-state index in [1.165, 1.54) is 12.8 Å². The van der Waals surface area contributed by atoms with Crippen LogP contribution < -0.4 is 11.0 Å². The molecule has 2 aliphatic carbocycles. The molecule has 1 aromatic heterocycles. The third-order valence-corrected chi connectivity index (χ3v) is 5.31. The van der Waals surface area contributed by atoms with Crippen molar-refractivity contribution in [2.24, 2.45) is 0 Å². The second-order valence-corrected chi connectivity index (χ2v) is 6.92. The topological polar surface area (TPSA) is 86.5 Å². The number of nitriles is 1. The summed E-state index contributed by atoms with van der Waals surface area (Å²) in [6.07, 6.45) is 5.09. The first-order valence-corrected chi connectivity index (χ1v) is 8.04. The highest BCUT2D eigenvalue weighted by Crippen LogP contribution is 2.40. The fourth-order valence-corrected chi connectivity index (χ4v) is 4.14. The number of nitrogens with zero attached hydrogens (tertiary/aromatic N) is 3. The van der Waals surface area contributed by atoms with Crippen LogP contribution in [0.3, 0.4) is 0 Å². The summed E-state index contributed by atoms with van der Waals surface area (Å²) in [4.78, 5) is 11.5. The summed E-state index contributed by atoms with van der Waals surface area (Å²) in [6.45, 7) is 2.55. The van der Waals surface area contributed by atoms with E-state index in [2.05, 4.69) is 21.6 Å². The van der Waals surface area contributed by atoms with Gasteiger partial charge in [-0.3, -0.25) is 9.88 Å². The van der Waals surface area contributed by atoms with Crippen molar-refractivity contribution < 1.29 is 0 Å². The summed E-state index contributed by atoms with van der Waals surface area (Å²) in [5, 5.41) is 20.6. The van der Waals surface area contributed by atoms with Gasteiger partial charge in [0.05, 0.1) is 6.07 Å². The van der Waals surface area contributed by atoms with Gasteiger partial charge in [-0.2, -0.15) is 5.26 Å². The number of H-pyrrole nitrogens is 1. The molecule has 0 saturated heterocycles. The number of hydrogen-bond acceptors (Lipinski definition) is 5. The maximum Gasteiger partial charge on any atom is 0.343 e. The monoisotopic (exact) mass is 293 g/mol. The Morgan fingerprint density at radius 3 is 3.05 bits per heavy atom. The fourth-order valence-electron chi connectivity index (χ4n) is 2.81. The molecule has 0 bridgehead atoms. The van der Waals surface area contributed by atoms with Crippen LogP contribution in [0.1, 0.15) is 39.0 Å². The summed E-state index contributed by atoms with van der Waals surface area (Å²) >= 11 is 1.62. The van der Waals surface area contributed by atoms with Crippen LogP contribution in [0.2, 0.25) is 0 Å². The lowest BCUT2D eigenvalue weighted by atomic mass is 10.00. The highest BCUT2D eigenvalue weighted by atomic mass is 32.2. The van der Waals surface area contributed by atoms with Crippen LogP contribution in [0, 0.1) is 11.3 Å². The van der Waals surface area contributed by atoms with E-state index < -0.39 is 0 Å². The zero-order valence-corrected chi connectivity index (χ0v) is 12.4. The summed E-state index contributed by atoms with van der Waals surface area (Å²) in [6, 6.07) is 3.02. The average molecular weight is 293 g/mol. The van der Waals surface area contributed by atoms with Crippen molar-refractivity contribution in [2.45, 2.75) is 67.6 Å². The number of aromatic nitrogens is 3. The molecule has 7 heteroatoms. The van der Waals surface area contributed by atoms with Gasteiger partial charge in [-0.25, -0.2) is 9.89 Å². The van der Waals surface area contributed by atoms with Gasteiger partial charge in [0.1, 0.15) is 5.54 Å². The number of nitrogens with one attached hydrogen (secondary N) is 2. The molecular weight excluding hydrogens is 274 g/mol. The van der Waals surface area contributed by atoms with E-state index in [1.54, 1.807) is 16.3 Å². The normalized spacial score (nSPS) is 29.5. The Labute approximate surface area is 121 Å². The van der Waals surface area contributed by atoms with Gasteiger partial charge in [0.2, 0.25) is 0 Å². The second kappa shape index (κ2) is 5.26. The third-order valence-electron chi connectivity index (χ3n) is 4.05. The summed E-state index contributed by atoms with van der Waals surface area (Å²) in [5.41, 5.74) is -0.525. The largest absolute Gasteiger partial charge is 0.343 e. The van der Waals surface area contributed by atoms with Gasteiger partial charge in [0, 0.05) is 17.8 Å². The molecular formula is C13H19N5OS. The quantitative estimate of drug-likeness (QED) is 0.853. The maximum atomic E-state index is 11.5. The van der Waals surface area contributed by atoms with Crippen molar-refractivity contribution in [1.82, 2.24) is 20.1 Å². The molecule has 0 aromatic carbocycles. The van der Waals surface area contributed by atoms with Gasteiger partial charge < -0.3 is 0 Å². The van der Waals surface area contributed by atoms with Crippen LogP contribution in [0.4, 0.5) is 0 Å². The van der Waals surface area contributed by atoms with E-state index in [-0.39, 0.29) is 11.2 Å². The Kier molecular flexibility index (Phi) is 3.61. The Morgan fingerprint density at radius 1 is 1.60 bits per heavy atom. The molecule has 2 N–H and O–H groups in total. The molecule has 2 atom stereocenters. The molecule has 3 rings (SSSR count). The first-order valence-electron chi connectivity index (χ1n) is 7.16. The summed E-state index contributed by atoms with van der Waals surface area (Å²) in [5.74, 6) is 0. The zero-order valence-electron chi connectivity index (χ0n) is 11.6. The highest BCUT2D eigenvalue weighted by molar-refractivity contribution is 7.99. The van der Waals surface area contributed by atoms with Crippen LogP contribution in [-0.4, -0.2) is 31.6 Å². The smallest absolute Gasteiger partial charge is 0.297 e. The lowest BCUT2D eigenvalue weighted by molar-refractivity contribution is 0.420. The molecule has 0 spiro atoms. The van der Waals surface area contributed by atoms with Crippen LogP contribution in [-0.2, 0) is 6.54 Å². The van der Waals surface area contributed by atoms with Gasteiger partial charge in [0.25, 0.3) is 0 Å². The van der Waals surface area contributed by atoms with Crippen molar-refractivity contribution in [3.05, 3.63) is 10.5 Å². The lowest BCUT2D eigenvalue weighted by Crippen LogP contribution is -2.43. The number of hydrogen-bond donors (Lipinski definition) is 2. The van der Waals surface area contributed by atoms with Crippen molar-refractivity contribution >= 4 is 11.8 Å². The van der Waals surface area contributed by atoms with E-state index in [4.69, 9.17) is 0 Å². The molecule has 2 unspecified atom stereocenters. The predicted octanol–water partition coefficient (Wildman–Crippen LogP) is 1.25. The number of thioether (sulfide) groups is 1. The molecule has 2 fully saturated rings. The van der Waals surface area contributed by atoms with Gasteiger partial charge in [-0.1, -0.05) is 11.8 Å². The molecule has 2 aliphatic rings. The van der Waals surface area contributed by atoms with Crippen molar-refractivity contribution in [1.29, 1.82) is 5.26 Å². The Bertz CT molecular complexity index is 584. The van der Waals surface area contributed by atoms with Gasteiger partial charge in [-0.05, 0) is 39.0 Å². The van der Waals surface area contributed by atoms with Crippen LogP contribution in [0.15, 0.2) is 9.95 Å². The highest BCUT2D eigenvalue weighted by Gasteiger charge is 2.43. The van der Waals surface area contributed by atoms with Crippen LogP contribution >= 0.6 is 11.8 Å². The average Bonchev–Trinajstić information content (AvgIpc) is 3.05.